The molecule has 2 N–H and O–H groups in total. The van der Waals surface area contributed by atoms with E-state index in [2.05, 4.69) is 19.9 Å². The van der Waals surface area contributed by atoms with E-state index in [1.54, 1.807) is 0 Å². The van der Waals surface area contributed by atoms with Crippen LogP contribution in [0.25, 0.3) is 0 Å². The number of rotatable bonds is 4. The zero-order valence-corrected chi connectivity index (χ0v) is 15.7. The molecule has 2 aromatic rings. The average molecular weight is 368 g/mol. The predicted molar refractivity (Wildman–Crippen MR) is 100 cm³/mol. The normalized spacial score (nSPS) is 17.5. The van der Waals surface area contributed by atoms with Crippen LogP contribution in [0.1, 0.15) is 64.6 Å². The molecule has 0 fully saturated rings. The van der Waals surface area contributed by atoms with E-state index in [9.17, 15) is 14.4 Å². The third kappa shape index (κ3) is 3.46. The van der Waals surface area contributed by atoms with Crippen molar-refractivity contribution in [2.75, 3.05) is 6.54 Å². The Morgan fingerprint density at radius 1 is 1.33 bits per heavy atom. The molecule has 0 bridgehead atoms. The Kier molecular flexibility index (Phi) is 4.25. The van der Waals surface area contributed by atoms with E-state index in [0.717, 1.165) is 30.9 Å². The quantitative estimate of drug-likeness (QED) is 0.857. The van der Waals surface area contributed by atoms with Crippen LogP contribution in [0.5, 0.6) is 0 Å². The van der Waals surface area contributed by atoms with E-state index in [4.69, 9.17) is 0 Å². The number of pyridine rings is 1. The second-order valence-corrected chi connectivity index (χ2v) is 8.30. The summed E-state index contributed by atoms with van der Waals surface area (Å²) in [7, 11) is 0. The molecule has 1 aliphatic carbocycles. The van der Waals surface area contributed by atoms with Gasteiger partial charge in [0.1, 0.15) is 11.4 Å². The third-order valence-electron chi connectivity index (χ3n) is 5.34. The fraction of sp³-hybridized carbons (Fsp3) is 0.500. The first-order valence-corrected chi connectivity index (χ1v) is 9.45. The second-order valence-electron chi connectivity index (χ2n) is 8.30. The van der Waals surface area contributed by atoms with Crippen molar-refractivity contribution >= 4 is 11.7 Å². The van der Waals surface area contributed by atoms with Gasteiger partial charge in [0.05, 0.1) is 5.69 Å². The number of aromatic nitrogens is 3. The molecule has 0 radical (unpaired) electrons. The van der Waals surface area contributed by atoms with E-state index in [-0.39, 0.29) is 16.8 Å². The van der Waals surface area contributed by atoms with Gasteiger partial charge in [0.2, 0.25) is 0 Å². The zero-order valence-electron chi connectivity index (χ0n) is 15.7. The minimum atomic E-state index is -0.455. The highest BCUT2D eigenvalue weighted by molar-refractivity contribution is 6.02. The molecule has 3 heterocycles. The molecule has 0 saturated carbocycles. The zero-order chi connectivity index (χ0) is 19.2. The lowest BCUT2D eigenvalue weighted by Crippen LogP contribution is -2.35. The fourth-order valence-electron chi connectivity index (χ4n) is 4.03. The van der Waals surface area contributed by atoms with Crippen LogP contribution in [0, 0.1) is 5.41 Å². The highest BCUT2D eigenvalue weighted by atomic mass is 16.2. The summed E-state index contributed by atoms with van der Waals surface area (Å²) in [6.45, 7) is 5.40. The third-order valence-corrected chi connectivity index (χ3v) is 5.34. The Hall–Kier alpha value is -2.70. The second kappa shape index (κ2) is 6.48. The van der Waals surface area contributed by atoms with Gasteiger partial charge in [-0.15, -0.1) is 0 Å². The smallest absolute Gasteiger partial charge is 0.261 e. The Labute approximate surface area is 157 Å². The van der Waals surface area contributed by atoms with Crippen LogP contribution in [0.4, 0.5) is 0 Å². The molecule has 142 valence electrons. The molecule has 0 aromatic carbocycles. The minimum Gasteiger partial charge on any atom is -0.351 e. The van der Waals surface area contributed by atoms with E-state index in [1.165, 1.54) is 6.07 Å². The fourth-order valence-corrected chi connectivity index (χ4v) is 4.03. The summed E-state index contributed by atoms with van der Waals surface area (Å²) in [5, 5.41) is 2.77. The first kappa shape index (κ1) is 17.7. The number of imidazole rings is 1. The molecular weight excluding hydrogens is 344 g/mol. The monoisotopic (exact) mass is 368 g/mol. The number of hydrogen-bond acceptors (Lipinski definition) is 4. The number of ketones is 1. The number of nitrogens with one attached hydrogen (secondary N) is 2. The SMILES string of the molecule is CC1(C)CC(=O)c2cc(C(=O)NCCc3cn4c(n3)CCC4)c(=O)[nH]c2C1. The number of carbonyl (C=O) groups is 2. The van der Waals surface area contributed by atoms with Crippen LogP contribution in [0.2, 0.25) is 0 Å². The maximum Gasteiger partial charge on any atom is 0.261 e. The molecule has 7 heteroatoms. The molecule has 1 aliphatic heterocycles. The Morgan fingerprint density at radius 3 is 2.93 bits per heavy atom. The number of aryl methyl sites for hydroxylation is 2. The topological polar surface area (TPSA) is 96.8 Å². The van der Waals surface area contributed by atoms with Gasteiger partial charge in [-0.05, 0) is 24.3 Å². The maximum atomic E-state index is 12.4. The van der Waals surface area contributed by atoms with Crippen molar-refractivity contribution in [3.8, 4) is 0 Å². The molecule has 2 aromatic heterocycles. The minimum absolute atomic E-state index is 0.00543. The largest absolute Gasteiger partial charge is 0.351 e. The lowest BCUT2D eigenvalue weighted by molar-refractivity contribution is 0.0910. The maximum absolute atomic E-state index is 12.4. The van der Waals surface area contributed by atoms with E-state index >= 15 is 0 Å². The summed E-state index contributed by atoms with van der Waals surface area (Å²) in [6, 6.07) is 1.45. The van der Waals surface area contributed by atoms with Gasteiger partial charge in [0, 0.05) is 49.8 Å². The predicted octanol–water partition coefficient (Wildman–Crippen LogP) is 1.65. The van der Waals surface area contributed by atoms with Crippen LogP contribution < -0.4 is 10.9 Å². The number of carbonyl (C=O) groups excluding carboxylic acids is 2. The summed E-state index contributed by atoms with van der Waals surface area (Å²) in [5.74, 6) is 0.617. The van der Waals surface area contributed by atoms with Crippen LogP contribution >= 0.6 is 0 Å². The van der Waals surface area contributed by atoms with Crippen molar-refractivity contribution in [2.24, 2.45) is 5.41 Å². The standard InChI is InChI=1S/C20H24N4O3/c1-20(2)9-15-13(16(25)10-20)8-14(19(27)23-15)18(26)21-6-5-12-11-24-7-3-4-17(24)22-12/h8,11H,3-7,9-10H2,1-2H3,(H,21,26)(H,23,27). The van der Waals surface area contributed by atoms with Gasteiger partial charge >= 0.3 is 0 Å². The van der Waals surface area contributed by atoms with Gasteiger partial charge in [-0.1, -0.05) is 13.8 Å². The van der Waals surface area contributed by atoms with E-state index < -0.39 is 11.5 Å². The average Bonchev–Trinajstić information content (AvgIpc) is 3.14. The molecular formula is C20H24N4O3. The summed E-state index contributed by atoms with van der Waals surface area (Å²) in [5.41, 5.74) is 1.41. The molecule has 0 saturated heterocycles. The number of nitrogens with zero attached hydrogens (tertiary/aromatic N) is 2. The Balaban J connectivity index is 1.45. The van der Waals surface area contributed by atoms with Crippen molar-refractivity contribution in [1.29, 1.82) is 0 Å². The van der Waals surface area contributed by atoms with Crippen molar-refractivity contribution in [1.82, 2.24) is 19.9 Å². The van der Waals surface area contributed by atoms with Crippen molar-refractivity contribution < 1.29 is 9.59 Å². The van der Waals surface area contributed by atoms with E-state index in [1.807, 2.05) is 20.0 Å². The number of amides is 1. The molecule has 1 amide bonds. The van der Waals surface area contributed by atoms with Crippen molar-refractivity contribution in [2.45, 2.75) is 52.5 Å². The molecule has 27 heavy (non-hydrogen) atoms. The molecule has 0 unspecified atom stereocenters. The number of fused-ring (bicyclic) bond motifs is 2. The summed E-state index contributed by atoms with van der Waals surface area (Å²) < 4.78 is 2.15. The Morgan fingerprint density at radius 2 is 2.15 bits per heavy atom. The van der Waals surface area contributed by atoms with E-state index in [0.29, 0.717) is 37.1 Å². The number of aromatic amines is 1. The molecule has 0 spiro atoms. The molecule has 7 nitrogen and oxygen atoms in total. The van der Waals surface area contributed by atoms with Crippen molar-refractivity contribution in [3.05, 3.63) is 51.0 Å². The van der Waals surface area contributed by atoms with Gasteiger partial charge in [0.15, 0.2) is 5.78 Å². The Bertz CT molecular complexity index is 962. The summed E-state index contributed by atoms with van der Waals surface area (Å²) >= 11 is 0. The highest BCUT2D eigenvalue weighted by Crippen LogP contribution is 2.33. The number of H-pyrrole nitrogens is 1. The van der Waals surface area contributed by atoms with Gasteiger partial charge in [-0.3, -0.25) is 14.4 Å². The van der Waals surface area contributed by atoms with Crippen LogP contribution in [0.15, 0.2) is 17.1 Å². The van der Waals surface area contributed by atoms with Crippen molar-refractivity contribution in [3.63, 3.8) is 0 Å². The van der Waals surface area contributed by atoms with Gasteiger partial charge in [-0.2, -0.15) is 0 Å². The molecule has 2 aliphatic rings. The van der Waals surface area contributed by atoms with Crippen LogP contribution in [-0.4, -0.2) is 32.8 Å². The lowest BCUT2D eigenvalue weighted by Gasteiger charge is -2.29. The lowest BCUT2D eigenvalue weighted by atomic mass is 9.75. The molecule has 4 rings (SSSR count). The molecule has 0 atom stereocenters. The first-order chi connectivity index (χ1) is 12.8. The highest BCUT2D eigenvalue weighted by Gasteiger charge is 2.32. The first-order valence-electron chi connectivity index (χ1n) is 9.45. The number of hydrogen-bond donors (Lipinski definition) is 2. The summed E-state index contributed by atoms with van der Waals surface area (Å²) in [6.07, 6.45) is 5.81. The van der Waals surface area contributed by atoms with Gasteiger partial charge in [0.25, 0.3) is 11.5 Å². The van der Waals surface area contributed by atoms with Gasteiger partial charge in [-0.25, -0.2) is 4.98 Å². The number of Topliss-reactive ketones (excluding diaryl/α,β-unsaturated/α-hetero) is 1. The van der Waals surface area contributed by atoms with Gasteiger partial charge < -0.3 is 14.9 Å². The van der Waals surface area contributed by atoms with Crippen LogP contribution in [0.3, 0.4) is 0 Å². The summed E-state index contributed by atoms with van der Waals surface area (Å²) in [4.78, 5) is 44.5. The van der Waals surface area contributed by atoms with Crippen LogP contribution in [-0.2, 0) is 25.8 Å².